The Morgan fingerprint density at radius 3 is 2.78 bits per heavy atom. The summed E-state index contributed by atoms with van der Waals surface area (Å²) in [7, 11) is 2.12. The number of likely N-dealkylation sites (N-methyl/N-ethyl adjacent to an activating group) is 1. The molecule has 18 heavy (non-hydrogen) atoms. The first-order chi connectivity index (χ1) is 8.70. The summed E-state index contributed by atoms with van der Waals surface area (Å²) in [4.78, 5) is 2.25. The van der Waals surface area contributed by atoms with E-state index in [1.807, 2.05) is 0 Å². The van der Waals surface area contributed by atoms with Crippen LogP contribution in [0.15, 0.2) is 18.2 Å². The maximum Gasteiger partial charge on any atom is 0.0641 e. The van der Waals surface area contributed by atoms with Gasteiger partial charge in [-0.05, 0) is 42.9 Å². The molecule has 1 saturated carbocycles. The fraction of sp³-hybridized carbons (Fsp3) is 0.600. The fourth-order valence-electron chi connectivity index (χ4n) is 2.13. The molecular formula is C15H24N2O. The predicted octanol–water partition coefficient (Wildman–Crippen LogP) is 2.32. The lowest BCUT2D eigenvalue weighted by atomic mass is 10.1. The first-order valence-electron chi connectivity index (χ1n) is 6.79. The fourth-order valence-corrected chi connectivity index (χ4v) is 2.13. The smallest absolute Gasteiger partial charge is 0.0641 e. The first-order valence-corrected chi connectivity index (χ1v) is 6.79. The van der Waals surface area contributed by atoms with Gasteiger partial charge in [0.1, 0.15) is 0 Å². The molecule has 0 radical (unpaired) electrons. The molecule has 100 valence electrons. The van der Waals surface area contributed by atoms with Crippen molar-refractivity contribution in [3.05, 3.63) is 29.3 Å². The summed E-state index contributed by atoms with van der Waals surface area (Å²) in [5.74, 6) is 0.848. The maximum atomic E-state index is 5.67. The van der Waals surface area contributed by atoms with Gasteiger partial charge in [-0.15, -0.1) is 0 Å². The summed E-state index contributed by atoms with van der Waals surface area (Å²) in [6.07, 6.45) is 2.71. The number of rotatable bonds is 7. The second-order valence-corrected chi connectivity index (χ2v) is 5.26. The van der Waals surface area contributed by atoms with Gasteiger partial charge in [-0.25, -0.2) is 0 Å². The molecule has 0 unspecified atom stereocenters. The van der Waals surface area contributed by atoms with Gasteiger partial charge in [-0.3, -0.25) is 0 Å². The summed E-state index contributed by atoms with van der Waals surface area (Å²) in [6.45, 7) is 5.44. The van der Waals surface area contributed by atoms with Crippen LogP contribution in [0.3, 0.4) is 0 Å². The Morgan fingerprint density at radius 1 is 1.39 bits per heavy atom. The number of benzene rings is 1. The number of hydrogen-bond acceptors (Lipinski definition) is 3. The Morgan fingerprint density at radius 2 is 2.17 bits per heavy atom. The molecule has 3 heteroatoms. The van der Waals surface area contributed by atoms with Gasteiger partial charge in [-0.1, -0.05) is 12.1 Å². The van der Waals surface area contributed by atoms with Gasteiger partial charge < -0.3 is 15.4 Å². The summed E-state index contributed by atoms with van der Waals surface area (Å²) < 4.78 is 5.67. The van der Waals surface area contributed by atoms with Gasteiger partial charge >= 0.3 is 0 Å². The van der Waals surface area contributed by atoms with Gasteiger partial charge in [0.05, 0.1) is 6.61 Å². The highest BCUT2D eigenvalue weighted by Crippen LogP contribution is 2.28. The van der Waals surface area contributed by atoms with Crippen LogP contribution in [0.25, 0.3) is 0 Å². The minimum absolute atomic E-state index is 0.606. The van der Waals surface area contributed by atoms with Gasteiger partial charge in [0.15, 0.2) is 0 Å². The number of hydrogen-bond donors (Lipinski definition) is 1. The number of nitrogens with zero attached hydrogens (tertiary/aromatic N) is 1. The molecule has 0 atom stereocenters. The quantitative estimate of drug-likeness (QED) is 0.753. The largest absolute Gasteiger partial charge is 0.379 e. The van der Waals surface area contributed by atoms with E-state index in [0.29, 0.717) is 6.54 Å². The van der Waals surface area contributed by atoms with Crippen LogP contribution in [0.4, 0.5) is 5.69 Å². The molecular weight excluding hydrogens is 224 g/mol. The van der Waals surface area contributed by atoms with Gasteiger partial charge in [-0.2, -0.15) is 0 Å². The monoisotopic (exact) mass is 248 g/mol. The van der Waals surface area contributed by atoms with Crippen molar-refractivity contribution in [2.24, 2.45) is 11.7 Å². The number of nitrogens with two attached hydrogens (primary N) is 1. The van der Waals surface area contributed by atoms with Crippen LogP contribution in [-0.2, 0) is 11.3 Å². The van der Waals surface area contributed by atoms with E-state index in [1.54, 1.807) is 0 Å². The molecule has 2 rings (SSSR count). The first kappa shape index (κ1) is 13.4. The molecule has 0 aromatic heterocycles. The van der Waals surface area contributed by atoms with Crippen molar-refractivity contribution in [2.75, 3.05) is 31.7 Å². The highest BCUT2D eigenvalue weighted by Gasteiger charge is 2.20. The molecule has 1 aromatic rings. The van der Waals surface area contributed by atoms with Crippen molar-refractivity contribution in [1.82, 2.24) is 0 Å². The zero-order valence-electron chi connectivity index (χ0n) is 11.5. The Labute approximate surface area is 110 Å². The van der Waals surface area contributed by atoms with Gasteiger partial charge in [0, 0.05) is 32.4 Å². The van der Waals surface area contributed by atoms with Crippen LogP contribution in [0.1, 0.15) is 24.0 Å². The molecule has 0 spiro atoms. The minimum atomic E-state index is 0.606. The van der Waals surface area contributed by atoms with Crippen molar-refractivity contribution in [2.45, 2.75) is 26.3 Å². The Balaban J connectivity index is 1.81. The van der Waals surface area contributed by atoms with E-state index < -0.39 is 0 Å². The molecule has 0 amide bonds. The zero-order chi connectivity index (χ0) is 13.0. The molecule has 0 heterocycles. The molecule has 1 aliphatic carbocycles. The van der Waals surface area contributed by atoms with Gasteiger partial charge in [0.25, 0.3) is 0 Å². The topological polar surface area (TPSA) is 38.5 Å². The van der Waals surface area contributed by atoms with Crippen LogP contribution in [0.2, 0.25) is 0 Å². The number of anilines is 1. The Bertz CT molecular complexity index is 388. The summed E-state index contributed by atoms with van der Waals surface area (Å²) in [6, 6.07) is 6.42. The molecule has 0 bridgehead atoms. The summed E-state index contributed by atoms with van der Waals surface area (Å²) in [5.41, 5.74) is 9.38. The highest BCUT2D eigenvalue weighted by molar-refractivity contribution is 5.53. The average Bonchev–Trinajstić information content (AvgIpc) is 3.18. The van der Waals surface area contributed by atoms with E-state index in [0.717, 1.165) is 25.7 Å². The SMILES string of the molecule is Cc1cc(CN)ccc1N(C)CCOCC1CC1. The normalized spacial score (nSPS) is 14.8. The summed E-state index contributed by atoms with van der Waals surface area (Å²) in [5, 5.41) is 0. The maximum absolute atomic E-state index is 5.67. The second kappa shape index (κ2) is 6.21. The molecule has 0 aliphatic heterocycles. The third kappa shape index (κ3) is 3.72. The van der Waals surface area contributed by atoms with E-state index in [-0.39, 0.29) is 0 Å². The predicted molar refractivity (Wildman–Crippen MR) is 75.9 cm³/mol. The van der Waals surface area contributed by atoms with Crippen LogP contribution in [-0.4, -0.2) is 26.8 Å². The third-order valence-corrected chi connectivity index (χ3v) is 3.53. The summed E-state index contributed by atoms with van der Waals surface area (Å²) >= 11 is 0. The van der Waals surface area contributed by atoms with Crippen molar-refractivity contribution < 1.29 is 4.74 Å². The van der Waals surface area contributed by atoms with Gasteiger partial charge in [0.2, 0.25) is 0 Å². The van der Waals surface area contributed by atoms with Crippen molar-refractivity contribution in [1.29, 1.82) is 0 Å². The van der Waals surface area contributed by atoms with Crippen LogP contribution in [0.5, 0.6) is 0 Å². The van der Waals surface area contributed by atoms with E-state index >= 15 is 0 Å². The van der Waals surface area contributed by atoms with Crippen molar-refractivity contribution >= 4 is 5.69 Å². The molecule has 2 N–H and O–H groups in total. The standard InChI is InChI=1S/C15H24N2O/c1-12-9-14(10-16)5-6-15(12)17(2)7-8-18-11-13-3-4-13/h5-6,9,13H,3-4,7-8,10-11,16H2,1-2H3. The lowest BCUT2D eigenvalue weighted by Crippen LogP contribution is -2.23. The van der Waals surface area contributed by atoms with Crippen molar-refractivity contribution in [3.8, 4) is 0 Å². The van der Waals surface area contributed by atoms with Crippen LogP contribution in [0, 0.1) is 12.8 Å². The highest BCUT2D eigenvalue weighted by atomic mass is 16.5. The van der Waals surface area contributed by atoms with Crippen LogP contribution < -0.4 is 10.6 Å². The Kier molecular flexibility index (Phi) is 4.61. The van der Waals surface area contributed by atoms with E-state index in [2.05, 4.69) is 37.1 Å². The minimum Gasteiger partial charge on any atom is -0.379 e. The van der Waals surface area contributed by atoms with E-state index in [4.69, 9.17) is 10.5 Å². The molecule has 1 aliphatic rings. The molecule has 3 nitrogen and oxygen atoms in total. The van der Waals surface area contributed by atoms with E-state index in [1.165, 1.54) is 29.7 Å². The lowest BCUT2D eigenvalue weighted by molar-refractivity contribution is 0.131. The van der Waals surface area contributed by atoms with Crippen molar-refractivity contribution in [3.63, 3.8) is 0 Å². The molecule has 0 saturated heterocycles. The van der Waals surface area contributed by atoms with Crippen LogP contribution >= 0.6 is 0 Å². The number of ether oxygens (including phenoxy) is 1. The van der Waals surface area contributed by atoms with E-state index in [9.17, 15) is 0 Å². The molecule has 1 fully saturated rings. The second-order valence-electron chi connectivity index (χ2n) is 5.26. The number of aryl methyl sites for hydroxylation is 1. The Hall–Kier alpha value is -1.06. The lowest BCUT2D eigenvalue weighted by Gasteiger charge is -2.22. The average molecular weight is 248 g/mol. The molecule has 1 aromatic carbocycles. The third-order valence-electron chi connectivity index (χ3n) is 3.53. The zero-order valence-corrected chi connectivity index (χ0v) is 11.5.